The third-order valence-corrected chi connectivity index (χ3v) is 2.67. The van der Waals surface area contributed by atoms with Crippen molar-refractivity contribution in [3.8, 4) is 0 Å². The zero-order valence-electron chi connectivity index (χ0n) is 8.80. The Morgan fingerprint density at radius 3 is 2.93 bits per heavy atom. The molecule has 0 saturated carbocycles. The average molecular weight is 198 g/mol. The minimum atomic E-state index is 0.0621. The summed E-state index contributed by atoms with van der Waals surface area (Å²) in [4.78, 5) is 22.3. The molecule has 80 valence electrons. The van der Waals surface area contributed by atoms with Gasteiger partial charge in [-0.3, -0.25) is 9.59 Å². The molecule has 2 amide bonds. The first-order chi connectivity index (χ1) is 6.63. The molecule has 1 rings (SSSR count). The number of rotatable bonds is 4. The Hall–Kier alpha value is -1.06. The third kappa shape index (κ3) is 3.01. The molecular formula is C10H18N2O2. The van der Waals surface area contributed by atoms with Gasteiger partial charge in [0.1, 0.15) is 0 Å². The van der Waals surface area contributed by atoms with Crippen LogP contribution in [0.1, 0.15) is 33.1 Å². The van der Waals surface area contributed by atoms with Crippen LogP contribution in [0.15, 0.2) is 0 Å². The predicted octanol–water partition coefficient (Wildman–Crippen LogP) is 0.427. The molecule has 14 heavy (non-hydrogen) atoms. The summed E-state index contributed by atoms with van der Waals surface area (Å²) in [7, 11) is 0. The van der Waals surface area contributed by atoms with Gasteiger partial charge in [0.2, 0.25) is 11.8 Å². The van der Waals surface area contributed by atoms with E-state index < -0.39 is 0 Å². The molecule has 0 spiro atoms. The lowest BCUT2D eigenvalue weighted by atomic mass is 10.1. The average Bonchev–Trinajstić information content (AvgIpc) is 2.59. The van der Waals surface area contributed by atoms with Crippen molar-refractivity contribution in [3.63, 3.8) is 0 Å². The van der Waals surface area contributed by atoms with Crippen LogP contribution in [-0.4, -0.2) is 24.4 Å². The van der Waals surface area contributed by atoms with Gasteiger partial charge in [-0.2, -0.15) is 0 Å². The molecule has 0 radical (unpaired) electrons. The maximum absolute atomic E-state index is 11.4. The summed E-state index contributed by atoms with van der Waals surface area (Å²) in [5, 5.41) is 5.65. The summed E-state index contributed by atoms with van der Waals surface area (Å²) in [5.41, 5.74) is 0. The molecule has 4 nitrogen and oxygen atoms in total. The maximum Gasteiger partial charge on any atom is 0.222 e. The molecule has 2 atom stereocenters. The lowest BCUT2D eigenvalue weighted by Gasteiger charge is -2.13. The molecule has 1 saturated heterocycles. The van der Waals surface area contributed by atoms with E-state index in [0.717, 1.165) is 12.8 Å². The molecule has 1 fully saturated rings. The monoisotopic (exact) mass is 198 g/mol. The fourth-order valence-electron chi connectivity index (χ4n) is 1.41. The van der Waals surface area contributed by atoms with Crippen LogP contribution in [0.3, 0.4) is 0 Å². The van der Waals surface area contributed by atoms with Gasteiger partial charge in [-0.1, -0.05) is 13.8 Å². The Labute approximate surface area is 84.4 Å². The summed E-state index contributed by atoms with van der Waals surface area (Å²) in [6.07, 6.45) is 2.27. The van der Waals surface area contributed by atoms with Crippen molar-refractivity contribution in [2.45, 2.75) is 39.2 Å². The summed E-state index contributed by atoms with van der Waals surface area (Å²) >= 11 is 0. The second kappa shape index (κ2) is 4.98. The van der Waals surface area contributed by atoms with E-state index in [-0.39, 0.29) is 23.8 Å². The van der Waals surface area contributed by atoms with Crippen LogP contribution >= 0.6 is 0 Å². The van der Waals surface area contributed by atoms with Gasteiger partial charge in [0, 0.05) is 24.9 Å². The fraction of sp³-hybridized carbons (Fsp3) is 0.800. The van der Waals surface area contributed by atoms with E-state index in [2.05, 4.69) is 10.6 Å². The molecule has 1 heterocycles. The van der Waals surface area contributed by atoms with Gasteiger partial charge >= 0.3 is 0 Å². The van der Waals surface area contributed by atoms with E-state index >= 15 is 0 Å². The van der Waals surface area contributed by atoms with E-state index in [0.29, 0.717) is 13.0 Å². The largest absolute Gasteiger partial charge is 0.354 e. The highest BCUT2D eigenvalue weighted by Gasteiger charge is 2.21. The van der Waals surface area contributed by atoms with E-state index in [9.17, 15) is 9.59 Å². The van der Waals surface area contributed by atoms with E-state index in [1.807, 2.05) is 13.8 Å². The van der Waals surface area contributed by atoms with Crippen molar-refractivity contribution in [2.24, 2.45) is 5.92 Å². The van der Waals surface area contributed by atoms with Crippen molar-refractivity contribution >= 4 is 11.8 Å². The van der Waals surface area contributed by atoms with Crippen molar-refractivity contribution in [1.82, 2.24) is 10.6 Å². The molecule has 0 aromatic heterocycles. The van der Waals surface area contributed by atoms with E-state index in [1.54, 1.807) is 0 Å². The zero-order valence-corrected chi connectivity index (χ0v) is 8.80. The number of hydrogen-bond acceptors (Lipinski definition) is 2. The SMILES string of the molecule is CCC(C)C(=O)NCC1CCC(=O)N1. The second-order valence-electron chi connectivity index (χ2n) is 3.86. The lowest BCUT2D eigenvalue weighted by molar-refractivity contribution is -0.125. The Morgan fingerprint density at radius 1 is 1.71 bits per heavy atom. The van der Waals surface area contributed by atoms with Gasteiger partial charge in [-0.05, 0) is 12.8 Å². The predicted molar refractivity (Wildman–Crippen MR) is 53.6 cm³/mol. The highest BCUT2D eigenvalue weighted by molar-refractivity contribution is 5.80. The summed E-state index contributed by atoms with van der Waals surface area (Å²) < 4.78 is 0. The Bertz CT molecular complexity index is 228. The number of carbonyl (C=O) groups is 2. The summed E-state index contributed by atoms with van der Waals surface area (Å²) in [5.74, 6) is 0.230. The minimum Gasteiger partial charge on any atom is -0.354 e. The smallest absolute Gasteiger partial charge is 0.222 e. The summed E-state index contributed by atoms with van der Waals surface area (Å²) in [6, 6.07) is 0.135. The first-order valence-electron chi connectivity index (χ1n) is 5.20. The molecule has 1 aliphatic heterocycles. The Balaban J connectivity index is 2.20. The highest BCUT2D eigenvalue weighted by Crippen LogP contribution is 2.06. The van der Waals surface area contributed by atoms with Crippen LogP contribution in [0.4, 0.5) is 0 Å². The number of carbonyl (C=O) groups excluding carboxylic acids is 2. The highest BCUT2D eigenvalue weighted by atomic mass is 16.2. The van der Waals surface area contributed by atoms with Crippen LogP contribution in [0.25, 0.3) is 0 Å². The first-order valence-corrected chi connectivity index (χ1v) is 5.20. The van der Waals surface area contributed by atoms with Crippen molar-refractivity contribution < 1.29 is 9.59 Å². The zero-order chi connectivity index (χ0) is 10.6. The van der Waals surface area contributed by atoms with Crippen molar-refractivity contribution in [3.05, 3.63) is 0 Å². The van der Waals surface area contributed by atoms with Gasteiger partial charge in [0.05, 0.1) is 0 Å². The first kappa shape index (κ1) is 11.0. The van der Waals surface area contributed by atoms with Crippen molar-refractivity contribution in [1.29, 1.82) is 0 Å². The van der Waals surface area contributed by atoms with Gasteiger partial charge in [-0.25, -0.2) is 0 Å². The molecular weight excluding hydrogens is 180 g/mol. The molecule has 1 aliphatic rings. The standard InChI is InChI=1S/C10H18N2O2/c1-3-7(2)10(14)11-6-8-4-5-9(13)12-8/h7-8H,3-6H2,1-2H3,(H,11,14)(H,12,13). The summed E-state index contributed by atoms with van der Waals surface area (Å²) in [6.45, 7) is 4.46. The number of nitrogens with one attached hydrogen (secondary N) is 2. The van der Waals surface area contributed by atoms with Crippen molar-refractivity contribution in [2.75, 3.05) is 6.54 Å². The minimum absolute atomic E-state index is 0.0621. The van der Waals surface area contributed by atoms with Crippen LogP contribution in [0.2, 0.25) is 0 Å². The van der Waals surface area contributed by atoms with Gasteiger partial charge in [-0.15, -0.1) is 0 Å². The molecule has 0 bridgehead atoms. The fourth-order valence-corrected chi connectivity index (χ4v) is 1.41. The molecule has 0 aromatic rings. The molecule has 2 unspecified atom stereocenters. The number of amides is 2. The van der Waals surface area contributed by atoms with Gasteiger partial charge in [0.25, 0.3) is 0 Å². The molecule has 2 N–H and O–H groups in total. The van der Waals surface area contributed by atoms with Crippen LogP contribution < -0.4 is 10.6 Å². The molecule has 4 heteroatoms. The van der Waals surface area contributed by atoms with E-state index in [1.165, 1.54) is 0 Å². The molecule has 0 aliphatic carbocycles. The van der Waals surface area contributed by atoms with Gasteiger partial charge in [0.15, 0.2) is 0 Å². The number of hydrogen-bond donors (Lipinski definition) is 2. The normalized spacial score (nSPS) is 23.0. The quantitative estimate of drug-likeness (QED) is 0.688. The van der Waals surface area contributed by atoms with Crippen LogP contribution in [0, 0.1) is 5.92 Å². The lowest BCUT2D eigenvalue weighted by Crippen LogP contribution is -2.40. The maximum atomic E-state index is 11.4. The van der Waals surface area contributed by atoms with Crippen LogP contribution in [-0.2, 0) is 9.59 Å². The third-order valence-electron chi connectivity index (χ3n) is 2.67. The van der Waals surface area contributed by atoms with Crippen LogP contribution in [0.5, 0.6) is 0 Å². The molecule has 0 aromatic carbocycles. The topological polar surface area (TPSA) is 58.2 Å². The Morgan fingerprint density at radius 2 is 2.43 bits per heavy atom. The van der Waals surface area contributed by atoms with E-state index in [4.69, 9.17) is 0 Å². The second-order valence-corrected chi connectivity index (χ2v) is 3.86. The van der Waals surface area contributed by atoms with Gasteiger partial charge < -0.3 is 10.6 Å². The Kier molecular flexibility index (Phi) is 3.92.